The first-order valence-electron chi connectivity index (χ1n) is 8.72. The first-order chi connectivity index (χ1) is 12.5. The molecule has 0 aliphatic carbocycles. The summed E-state index contributed by atoms with van der Waals surface area (Å²) in [6, 6.07) is 15.1. The van der Waals surface area contributed by atoms with Crippen molar-refractivity contribution in [3.8, 4) is 5.75 Å². The van der Waals surface area contributed by atoms with E-state index < -0.39 is 20.3 Å². The molecule has 1 amide bonds. The largest absolute Gasteiger partial charge is 0.542 e. The molecule has 27 heavy (non-hydrogen) atoms. The van der Waals surface area contributed by atoms with Gasteiger partial charge in [-0.05, 0) is 42.4 Å². The summed E-state index contributed by atoms with van der Waals surface area (Å²) in [5.41, 5.74) is 0.612. The standard InChI is InChI=1S/C21H25F2NO2Si/c1-21(2,3)27(4,5)26-18-14-10-9-13-17(18)24(15-19(22)23)20(25)16-11-7-6-8-12-16/h6-15H,1-5H3. The summed E-state index contributed by atoms with van der Waals surface area (Å²) in [4.78, 5) is 13.9. The number of hydrogen-bond donors (Lipinski definition) is 0. The van der Waals surface area contributed by atoms with E-state index in [0.29, 0.717) is 23.2 Å². The summed E-state index contributed by atoms with van der Waals surface area (Å²) >= 11 is 0. The third-order valence-electron chi connectivity index (χ3n) is 4.76. The number of benzene rings is 2. The van der Waals surface area contributed by atoms with Gasteiger partial charge in [-0.15, -0.1) is 0 Å². The van der Waals surface area contributed by atoms with E-state index in [0.717, 1.165) is 4.90 Å². The van der Waals surface area contributed by atoms with Crippen LogP contribution in [-0.2, 0) is 0 Å². The van der Waals surface area contributed by atoms with Crippen LogP contribution in [0.25, 0.3) is 0 Å². The zero-order valence-electron chi connectivity index (χ0n) is 16.3. The summed E-state index contributed by atoms with van der Waals surface area (Å²) in [7, 11) is -2.22. The van der Waals surface area contributed by atoms with Crippen LogP contribution in [0, 0.1) is 0 Å². The lowest BCUT2D eigenvalue weighted by Crippen LogP contribution is -2.44. The number of carbonyl (C=O) groups excluding carboxylic acids is 1. The van der Waals surface area contributed by atoms with Gasteiger partial charge in [0.25, 0.3) is 20.3 Å². The second-order valence-electron chi connectivity index (χ2n) is 7.79. The van der Waals surface area contributed by atoms with Crippen molar-refractivity contribution in [3.05, 3.63) is 72.4 Å². The third kappa shape index (κ3) is 5.04. The van der Waals surface area contributed by atoms with Gasteiger partial charge in [-0.2, -0.15) is 8.78 Å². The van der Waals surface area contributed by atoms with Crippen LogP contribution in [0.5, 0.6) is 5.75 Å². The molecule has 0 unspecified atom stereocenters. The number of carbonyl (C=O) groups is 1. The predicted molar refractivity (Wildman–Crippen MR) is 108 cm³/mol. The van der Waals surface area contributed by atoms with Crippen LogP contribution in [0.3, 0.4) is 0 Å². The summed E-state index contributed by atoms with van der Waals surface area (Å²) < 4.78 is 32.6. The molecule has 0 spiro atoms. The quantitative estimate of drug-likeness (QED) is 0.550. The van der Waals surface area contributed by atoms with Crippen LogP contribution in [-0.4, -0.2) is 14.2 Å². The minimum Gasteiger partial charge on any atom is -0.542 e. The Balaban J connectivity index is 2.52. The fraction of sp³-hybridized carbons (Fsp3) is 0.286. The average molecular weight is 390 g/mol. The van der Waals surface area contributed by atoms with Crippen molar-refractivity contribution in [1.82, 2.24) is 0 Å². The lowest BCUT2D eigenvalue weighted by Gasteiger charge is -2.37. The lowest BCUT2D eigenvalue weighted by atomic mass is 10.2. The maximum absolute atomic E-state index is 13.1. The highest BCUT2D eigenvalue weighted by atomic mass is 28.4. The highest BCUT2D eigenvalue weighted by Crippen LogP contribution is 2.40. The highest BCUT2D eigenvalue weighted by molar-refractivity contribution is 6.74. The molecule has 2 rings (SSSR count). The van der Waals surface area contributed by atoms with Gasteiger partial charge in [0.1, 0.15) is 5.75 Å². The van der Waals surface area contributed by atoms with E-state index >= 15 is 0 Å². The van der Waals surface area contributed by atoms with E-state index in [-0.39, 0.29) is 5.04 Å². The molecule has 2 aromatic rings. The smallest absolute Gasteiger partial charge is 0.286 e. The van der Waals surface area contributed by atoms with Gasteiger partial charge >= 0.3 is 0 Å². The molecule has 0 aliphatic heterocycles. The highest BCUT2D eigenvalue weighted by Gasteiger charge is 2.39. The van der Waals surface area contributed by atoms with Crippen LogP contribution in [0.15, 0.2) is 66.9 Å². The molecule has 0 saturated carbocycles. The van der Waals surface area contributed by atoms with E-state index in [4.69, 9.17) is 4.43 Å². The number of rotatable bonds is 5. The first kappa shape index (κ1) is 20.8. The Morgan fingerprint density at radius 2 is 1.56 bits per heavy atom. The topological polar surface area (TPSA) is 29.5 Å². The molecule has 0 fully saturated rings. The fourth-order valence-corrected chi connectivity index (χ4v) is 3.25. The molecule has 0 atom stereocenters. The van der Waals surface area contributed by atoms with Crippen molar-refractivity contribution in [3.63, 3.8) is 0 Å². The van der Waals surface area contributed by atoms with E-state index in [2.05, 4.69) is 33.9 Å². The summed E-state index contributed by atoms with van der Waals surface area (Å²) in [5.74, 6) is -0.124. The molecule has 0 aliphatic rings. The zero-order chi connectivity index (χ0) is 20.2. The molecular weight excluding hydrogens is 364 g/mol. The van der Waals surface area contributed by atoms with Crippen LogP contribution in [0.4, 0.5) is 14.5 Å². The molecule has 0 heterocycles. The molecule has 0 saturated heterocycles. The molecular formula is C21H25F2NO2Si. The molecule has 144 valence electrons. The van der Waals surface area contributed by atoms with Crippen molar-refractivity contribution in [2.75, 3.05) is 4.90 Å². The van der Waals surface area contributed by atoms with Crippen LogP contribution in [0.1, 0.15) is 31.1 Å². The second-order valence-corrected chi connectivity index (χ2v) is 12.5. The number of halogens is 2. The maximum atomic E-state index is 13.1. The monoisotopic (exact) mass is 389 g/mol. The Kier molecular flexibility index (Phi) is 6.21. The number of amides is 1. The molecule has 3 nitrogen and oxygen atoms in total. The van der Waals surface area contributed by atoms with Gasteiger partial charge in [-0.25, -0.2) is 0 Å². The van der Waals surface area contributed by atoms with Crippen molar-refractivity contribution in [1.29, 1.82) is 0 Å². The zero-order valence-corrected chi connectivity index (χ0v) is 17.3. The Bertz CT molecular complexity index is 826. The van der Waals surface area contributed by atoms with Crippen LogP contribution < -0.4 is 9.33 Å². The number of nitrogens with zero attached hydrogens (tertiary/aromatic N) is 1. The van der Waals surface area contributed by atoms with Crippen molar-refractivity contribution >= 4 is 19.9 Å². The van der Waals surface area contributed by atoms with Crippen molar-refractivity contribution in [2.45, 2.75) is 38.9 Å². The average Bonchev–Trinajstić information content (AvgIpc) is 2.59. The minimum absolute atomic E-state index is 0.0738. The third-order valence-corrected chi connectivity index (χ3v) is 9.10. The minimum atomic E-state index is -2.22. The summed E-state index contributed by atoms with van der Waals surface area (Å²) in [6.45, 7) is 10.4. The summed E-state index contributed by atoms with van der Waals surface area (Å²) in [6.07, 6.45) is -1.41. The van der Waals surface area contributed by atoms with E-state index in [1.165, 1.54) is 0 Å². The normalized spacial score (nSPS) is 11.7. The van der Waals surface area contributed by atoms with Gasteiger partial charge in [-0.3, -0.25) is 9.69 Å². The molecule has 0 radical (unpaired) electrons. The Morgan fingerprint density at radius 1 is 1.00 bits per heavy atom. The second kappa shape index (κ2) is 8.04. The van der Waals surface area contributed by atoms with Crippen molar-refractivity contribution in [2.24, 2.45) is 0 Å². The van der Waals surface area contributed by atoms with Crippen LogP contribution >= 0.6 is 0 Å². The van der Waals surface area contributed by atoms with Crippen molar-refractivity contribution < 1.29 is 18.0 Å². The Labute approximate surface area is 160 Å². The number of anilines is 1. The van der Waals surface area contributed by atoms with Gasteiger partial charge in [-0.1, -0.05) is 51.1 Å². The van der Waals surface area contributed by atoms with Gasteiger partial charge < -0.3 is 4.43 Å². The Hall–Kier alpha value is -2.47. The van der Waals surface area contributed by atoms with Gasteiger partial charge in [0.2, 0.25) is 0 Å². The SMILES string of the molecule is CC(C)(C)[Si](C)(C)Oc1ccccc1N(C=C(F)F)C(=O)c1ccccc1. The molecule has 2 aromatic carbocycles. The van der Waals surface area contributed by atoms with Crippen LogP contribution in [0.2, 0.25) is 18.1 Å². The maximum Gasteiger partial charge on any atom is 0.286 e. The van der Waals surface area contributed by atoms with E-state index in [9.17, 15) is 13.6 Å². The molecule has 6 heteroatoms. The predicted octanol–water partition coefficient (Wildman–Crippen LogP) is 6.46. The molecule has 0 bridgehead atoms. The van der Waals surface area contributed by atoms with Gasteiger partial charge in [0, 0.05) is 5.56 Å². The fourth-order valence-electron chi connectivity index (χ4n) is 2.23. The van der Waals surface area contributed by atoms with E-state index in [1.807, 2.05) is 0 Å². The molecule has 0 aromatic heterocycles. The number of hydrogen-bond acceptors (Lipinski definition) is 2. The number of para-hydroxylation sites is 2. The van der Waals surface area contributed by atoms with Gasteiger partial charge in [0.05, 0.1) is 11.9 Å². The Morgan fingerprint density at radius 3 is 2.11 bits per heavy atom. The van der Waals surface area contributed by atoms with Gasteiger partial charge in [0.15, 0.2) is 0 Å². The molecule has 0 N–H and O–H groups in total. The van der Waals surface area contributed by atoms with E-state index in [1.54, 1.807) is 54.6 Å². The lowest BCUT2D eigenvalue weighted by molar-refractivity contribution is 0.0995. The summed E-state index contributed by atoms with van der Waals surface area (Å²) in [5, 5.41) is -0.0738. The first-order valence-corrected chi connectivity index (χ1v) is 11.6.